The first kappa shape index (κ1) is 30.3. The molecule has 0 radical (unpaired) electrons. The molecule has 1 aromatic heterocycles. The summed E-state index contributed by atoms with van der Waals surface area (Å²) < 4.78 is 180. The SMILES string of the molecule is O[C@@H]1[C@@H](O)[C@H](OCc2cn(CC(F)(F)C(F)(F)C(F)(F)C(F)(F)C(F)(F)C(F)(F)F)nn2)OC[C@H]1O. The van der Waals surface area contributed by atoms with Crippen LogP contribution in [0, 0.1) is 0 Å². The minimum Gasteiger partial charge on any atom is -0.388 e. The third-order valence-electron chi connectivity index (χ3n) is 4.79. The Morgan fingerprint density at radius 2 is 1.36 bits per heavy atom. The van der Waals surface area contributed by atoms with Gasteiger partial charge in [-0.15, -0.1) is 5.10 Å². The molecule has 3 N–H and O–H groups in total. The second-order valence-corrected chi connectivity index (χ2v) is 7.47. The normalized spacial score (nSPS) is 25.3. The topological polar surface area (TPSA) is 110 Å². The largest absolute Gasteiger partial charge is 0.460 e. The molecule has 2 rings (SSSR count). The fourth-order valence-electron chi connectivity index (χ4n) is 2.68. The minimum absolute atomic E-state index is 0.283. The molecule has 0 amide bonds. The predicted molar refractivity (Wildman–Crippen MR) is 83.4 cm³/mol. The Morgan fingerprint density at radius 1 is 0.833 bits per heavy atom. The molecule has 0 aromatic carbocycles. The van der Waals surface area contributed by atoms with Gasteiger partial charge in [0.1, 0.15) is 30.6 Å². The standard InChI is InChI=1S/C15H14F13N3O5/c16-10(17,11(18,19)12(20,21)13(22,23)14(24,25)15(26,27)28)4-31-1-5(29-30-31)2-35-9-8(34)7(33)6(32)3-36-9/h1,6-9,32-34H,2-4H2/t6-,7+,8-,9-/m1/s1. The summed E-state index contributed by atoms with van der Waals surface area (Å²) in [5.41, 5.74) is -0.578. The summed E-state index contributed by atoms with van der Waals surface area (Å²) >= 11 is 0. The monoisotopic (exact) mass is 563 g/mol. The highest BCUT2D eigenvalue weighted by atomic mass is 19.4. The molecule has 210 valence electrons. The first-order valence-corrected chi connectivity index (χ1v) is 9.13. The number of ether oxygens (including phenoxy) is 2. The van der Waals surface area contributed by atoms with E-state index in [9.17, 15) is 72.4 Å². The number of aromatic nitrogens is 3. The lowest BCUT2D eigenvalue weighted by Gasteiger charge is -2.39. The second-order valence-electron chi connectivity index (χ2n) is 7.47. The van der Waals surface area contributed by atoms with E-state index in [0.717, 1.165) is 0 Å². The van der Waals surface area contributed by atoms with Crippen molar-refractivity contribution in [1.82, 2.24) is 15.0 Å². The fraction of sp³-hybridized carbons (Fsp3) is 0.867. The molecule has 0 spiro atoms. The van der Waals surface area contributed by atoms with Crippen LogP contribution < -0.4 is 0 Å². The van der Waals surface area contributed by atoms with Crippen LogP contribution in [0.15, 0.2) is 6.20 Å². The van der Waals surface area contributed by atoms with Crippen molar-refractivity contribution in [2.75, 3.05) is 6.61 Å². The zero-order valence-electron chi connectivity index (χ0n) is 16.9. The van der Waals surface area contributed by atoms with Crippen molar-refractivity contribution in [1.29, 1.82) is 0 Å². The molecule has 0 aliphatic carbocycles. The Balaban J connectivity index is 2.18. The highest BCUT2D eigenvalue weighted by Gasteiger charge is 2.90. The van der Waals surface area contributed by atoms with E-state index in [4.69, 9.17) is 9.47 Å². The van der Waals surface area contributed by atoms with Crippen molar-refractivity contribution in [3.63, 3.8) is 0 Å². The molecule has 1 aliphatic rings. The highest BCUT2D eigenvalue weighted by molar-refractivity contribution is 5.10. The van der Waals surface area contributed by atoms with Gasteiger partial charge in [0.05, 0.1) is 19.4 Å². The van der Waals surface area contributed by atoms with Crippen LogP contribution in [-0.4, -0.2) is 97.3 Å². The van der Waals surface area contributed by atoms with E-state index < -0.39 is 85.8 Å². The highest BCUT2D eigenvalue weighted by Crippen LogP contribution is 2.60. The summed E-state index contributed by atoms with van der Waals surface area (Å²) in [6.07, 6.45) is -14.0. The van der Waals surface area contributed by atoms with Gasteiger partial charge in [0.25, 0.3) is 0 Å². The number of aliphatic hydroxyl groups excluding tert-OH is 3. The van der Waals surface area contributed by atoms with E-state index >= 15 is 0 Å². The van der Waals surface area contributed by atoms with Crippen LogP contribution in [0.2, 0.25) is 0 Å². The summed E-state index contributed by atoms with van der Waals surface area (Å²) in [5, 5.41) is 34.2. The van der Waals surface area contributed by atoms with Crippen LogP contribution in [0.5, 0.6) is 0 Å². The molecule has 4 atom stereocenters. The second kappa shape index (κ2) is 9.40. The van der Waals surface area contributed by atoms with Gasteiger partial charge >= 0.3 is 35.8 Å². The molecule has 0 unspecified atom stereocenters. The molecule has 1 fully saturated rings. The van der Waals surface area contributed by atoms with Gasteiger partial charge in [-0.25, -0.2) is 4.68 Å². The van der Waals surface area contributed by atoms with E-state index in [2.05, 4.69) is 10.3 Å². The summed E-state index contributed by atoms with van der Waals surface area (Å²) in [7, 11) is 0. The van der Waals surface area contributed by atoms with Crippen molar-refractivity contribution < 1.29 is 81.9 Å². The number of halogens is 13. The number of rotatable bonds is 9. The maximum atomic E-state index is 13.9. The molecular weight excluding hydrogens is 549 g/mol. The Kier molecular flexibility index (Phi) is 7.90. The first-order valence-electron chi connectivity index (χ1n) is 9.13. The maximum Gasteiger partial charge on any atom is 0.460 e. The average molecular weight is 563 g/mol. The van der Waals surface area contributed by atoms with Crippen molar-refractivity contribution in [2.24, 2.45) is 0 Å². The van der Waals surface area contributed by atoms with Gasteiger partial charge in [0.15, 0.2) is 6.29 Å². The number of hydrogen-bond donors (Lipinski definition) is 3. The summed E-state index contributed by atoms with van der Waals surface area (Å²) in [6.45, 7) is -4.13. The van der Waals surface area contributed by atoms with Gasteiger partial charge in [-0.1, -0.05) is 5.21 Å². The maximum absolute atomic E-state index is 13.9. The molecule has 1 saturated heterocycles. The van der Waals surface area contributed by atoms with Gasteiger partial charge in [0.2, 0.25) is 0 Å². The number of aliphatic hydroxyl groups is 3. The van der Waals surface area contributed by atoms with Crippen LogP contribution in [0.1, 0.15) is 5.69 Å². The lowest BCUT2D eigenvalue weighted by molar-refractivity contribution is -0.440. The van der Waals surface area contributed by atoms with Gasteiger partial charge in [-0.3, -0.25) is 0 Å². The third-order valence-corrected chi connectivity index (χ3v) is 4.79. The van der Waals surface area contributed by atoms with Crippen molar-refractivity contribution >= 4 is 0 Å². The molecule has 1 aromatic rings. The quantitative estimate of drug-likeness (QED) is 0.395. The smallest absolute Gasteiger partial charge is 0.388 e. The number of hydrogen-bond acceptors (Lipinski definition) is 7. The van der Waals surface area contributed by atoms with Crippen molar-refractivity contribution in [2.45, 2.75) is 73.5 Å². The van der Waals surface area contributed by atoms with Crippen LogP contribution in [-0.2, 0) is 22.6 Å². The Labute approximate surface area is 190 Å². The molecule has 21 heteroatoms. The Hall–Kier alpha value is -1.97. The molecule has 8 nitrogen and oxygen atoms in total. The van der Waals surface area contributed by atoms with Crippen LogP contribution in [0.25, 0.3) is 0 Å². The summed E-state index contributed by atoms with van der Waals surface area (Å²) in [4.78, 5) is 0. The summed E-state index contributed by atoms with van der Waals surface area (Å²) in [6, 6.07) is 0. The lowest BCUT2D eigenvalue weighted by atomic mass is 9.94. The number of alkyl halides is 13. The predicted octanol–water partition coefficient (Wildman–Crippen LogP) is 1.97. The molecule has 36 heavy (non-hydrogen) atoms. The van der Waals surface area contributed by atoms with Crippen molar-refractivity contribution in [3.8, 4) is 0 Å². The van der Waals surface area contributed by atoms with E-state index in [-0.39, 0.29) is 10.9 Å². The van der Waals surface area contributed by atoms with Crippen molar-refractivity contribution in [3.05, 3.63) is 11.9 Å². The van der Waals surface area contributed by atoms with Crippen LogP contribution >= 0.6 is 0 Å². The molecule has 0 saturated carbocycles. The van der Waals surface area contributed by atoms with Gasteiger partial charge in [-0.05, 0) is 0 Å². The van der Waals surface area contributed by atoms with Gasteiger partial charge in [0, 0.05) is 0 Å². The Morgan fingerprint density at radius 3 is 1.89 bits per heavy atom. The zero-order chi connectivity index (χ0) is 28.1. The molecule has 1 aliphatic heterocycles. The number of nitrogens with zero attached hydrogens (tertiary/aromatic N) is 3. The van der Waals surface area contributed by atoms with Gasteiger partial charge in [-0.2, -0.15) is 57.1 Å². The van der Waals surface area contributed by atoms with Crippen LogP contribution in [0.3, 0.4) is 0 Å². The fourth-order valence-corrected chi connectivity index (χ4v) is 2.68. The van der Waals surface area contributed by atoms with Crippen LogP contribution in [0.4, 0.5) is 57.1 Å². The molecule has 2 heterocycles. The lowest BCUT2D eigenvalue weighted by Crippen LogP contribution is -2.70. The van der Waals surface area contributed by atoms with E-state index in [0.29, 0.717) is 0 Å². The van der Waals surface area contributed by atoms with E-state index in [1.165, 1.54) is 0 Å². The summed E-state index contributed by atoms with van der Waals surface area (Å²) in [5.74, 6) is -37.6. The average Bonchev–Trinajstić information content (AvgIpc) is 3.16. The minimum atomic E-state index is -8.01. The molecule has 0 bridgehead atoms. The Bertz CT molecular complexity index is 910. The van der Waals surface area contributed by atoms with E-state index in [1.807, 2.05) is 0 Å². The van der Waals surface area contributed by atoms with Gasteiger partial charge < -0.3 is 24.8 Å². The van der Waals surface area contributed by atoms with E-state index in [1.54, 1.807) is 0 Å². The third kappa shape index (κ3) is 4.94. The molecular formula is C15H14F13N3O5. The zero-order valence-corrected chi connectivity index (χ0v) is 16.9. The first-order chi connectivity index (χ1) is 16.0.